The number of hydrogen-bond donors (Lipinski definition) is 1. The minimum atomic E-state index is 0.142. The van der Waals surface area contributed by atoms with Gasteiger partial charge in [-0.1, -0.05) is 6.42 Å². The van der Waals surface area contributed by atoms with Crippen molar-refractivity contribution in [3.8, 4) is 5.75 Å². The van der Waals surface area contributed by atoms with Crippen LogP contribution in [0.1, 0.15) is 43.0 Å². The fourth-order valence-corrected chi connectivity index (χ4v) is 2.92. The summed E-state index contributed by atoms with van der Waals surface area (Å²) in [5.74, 6) is 0.938. The lowest BCUT2D eigenvalue weighted by Gasteiger charge is -2.34. The third-order valence-corrected chi connectivity index (χ3v) is 4.05. The van der Waals surface area contributed by atoms with E-state index in [9.17, 15) is 4.79 Å². The molecule has 1 saturated heterocycles. The number of benzene rings is 1. The topological polar surface area (TPSA) is 49.8 Å². The Morgan fingerprint density at radius 3 is 2.76 bits per heavy atom. The standard InChI is InChI=1S/C17H25NO3/c1-2-21-16-8-6-14(7-9-16)17(20)13-18-11-4-3-5-15(18)10-12-19/h6-9,15,19H,2-5,10-13H2,1H3. The van der Waals surface area contributed by atoms with Crippen LogP contribution < -0.4 is 4.74 Å². The Morgan fingerprint density at radius 2 is 2.10 bits per heavy atom. The van der Waals surface area contributed by atoms with Crippen LogP contribution in [0.3, 0.4) is 0 Å². The molecule has 1 unspecified atom stereocenters. The molecule has 1 aliphatic heterocycles. The van der Waals surface area contributed by atoms with Crippen molar-refractivity contribution in [2.75, 3.05) is 26.3 Å². The van der Waals surface area contributed by atoms with Crippen LogP contribution in [0.4, 0.5) is 0 Å². The Morgan fingerprint density at radius 1 is 1.33 bits per heavy atom. The van der Waals surface area contributed by atoms with Gasteiger partial charge in [0.05, 0.1) is 13.2 Å². The third kappa shape index (κ3) is 4.55. The molecule has 2 rings (SSSR count). The van der Waals surface area contributed by atoms with Gasteiger partial charge >= 0.3 is 0 Å². The fraction of sp³-hybridized carbons (Fsp3) is 0.588. The van der Waals surface area contributed by atoms with Crippen molar-refractivity contribution in [1.82, 2.24) is 4.90 Å². The van der Waals surface area contributed by atoms with E-state index in [1.165, 1.54) is 6.42 Å². The van der Waals surface area contributed by atoms with Gasteiger partial charge in [0.15, 0.2) is 5.78 Å². The number of carbonyl (C=O) groups is 1. The van der Waals surface area contributed by atoms with Gasteiger partial charge in [-0.25, -0.2) is 0 Å². The molecule has 0 aromatic heterocycles. The van der Waals surface area contributed by atoms with Crippen molar-refractivity contribution < 1.29 is 14.6 Å². The van der Waals surface area contributed by atoms with Crippen molar-refractivity contribution in [1.29, 1.82) is 0 Å². The summed E-state index contributed by atoms with van der Waals surface area (Å²) in [5.41, 5.74) is 0.728. The van der Waals surface area contributed by atoms with Gasteiger partial charge in [0, 0.05) is 18.2 Å². The smallest absolute Gasteiger partial charge is 0.176 e. The van der Waals surface area contributed by atoms with Crippen LogP contribution >= 0.6 is 0 Å². The second-order valence-corrected chi connectivity index (χ2v) is 5.51. The number of hydrogen-bond acceptors (Lipinski definition) is 4. The SMILES string of the molecule is CCOc1ccc(C(=O)CN2CCCCC2CCO)cc1. The van der Waals surface area contributed by atoms with Crippen molar-refractivity contribution in [3.05, 3.63) is 29.8 Å². The molecule has 0 radical (unpaired) electrons. The molecule has 0 amide bonds. The molecular formula is C17H25NO3. The van der Waals surface area contributed by atoms with E-state index in [0.29, 0.717) is 19.2 Å². The molecular weight excluding hydrogens is 266 g/mol. The van der Waals surface area contributed by atoms with Crippen LogP contribution in [0.5, 0.6) is 5.75 Å². The first kappa shape index (κ1) is 16.0. The molecule has 0 aliphatic carbocycles. The Hall–Kier alpha value is -1.39. The average Bonchev–Trinajstić information content (AvgIpc) is 2.50. The summed E-state index contributed by atoms with van der Waals surface area (Å²) in [7, 11) is 0. The largest absolute Gasteiger partial charge is 0.494 e. The molecule has 1 atom stereocenters. The van der Waals surface area contributed by atoms with Crippen LogP contribution in [0.25, 0.3) is 0 Å². The number of piperidine rings is 1. The van der Waals surface area contributed by atoms with Gasteiger partial charge in [0.25, 0.3) is 0 Å². The van der Waals surface area contributed by atoms with E-state index in [4.69, 9.17) is 9.84 Å². The summed E-state index contributed by atoms with van der Waals surface area (Å²) in [5, 5.41) is 9.14. The lowest BCUT2D eigenvalue weighted by atomic mass is 9.98. The predicted molar refractivity (Wildman–Crippen MR) is 82.9 cm³/mol. The van der Waals surface area contributed by atoms with Crippen molar-refractivity contribution in [2.24, 2.45) is 0 Å². The molecule has 0 saturated carbocycles. The molecule has 1 aliphatic rings. The zero-order chi connectivity index (χ0) is 15.1. The minimum Gasteiger partial charge on any atom is -0.494 e. The first-order chi connectivity index (χ1) is 10.2. The van der Waals surface area contributed by atoms with Crippen LogP contribution in [-0.4, -0.2) is 48.1 Å². The number of Topliss-reactive ketones (excluding diaryl/α,β-unsaturated/α-hetero) is 1. The molecule has 0 bridgehead atoms. The number of ether oxygens (including phenoxy) is 1. The van der Waals surface area contributed by atoms with Gasteiger partial charge in [-0.15, -0.1) is 0 Å². The van der Waals surface area contributed by atoms with E-state index in [1.54, 1.807) is 0 Å². The van der Waals surface area contributed by atoms with E-state index in [1.807, 2.05) is 31.2 Å². The quantitative estimate of drug-likeness (QED) is 0.784. The normalized spacial score (nSPS) is 19.4. The highest BCUT2D eigenvalue weighted by atomic mass is 16.5. The number of carbonyl (C=O) groups excluding carboxylic acids is 1. The van der Waals surface area contributed by atoms with Crippen LogP contribution in [-0.2, 0) is 0 Å². The van der Waals surface area contributed by atoms with Gasteiger partial charge < -0.3 is 9.84 Å². The number of rotatable bonds is 7. The van der Waals surface area contributed by atoms with Crippen molar-refractivity contribution in [2.45, 2.75) is 38.6 Å². The molecule has 1 N–H and O–H groups in total. The molecule has 116 valence electrons. The van der Waals surface area contributed by atoms with Crippen LogP contribution in [0, 0.1) is 0 Å². The van der Waals surface area contributed by atoms with Gasteiger partial charge in [-0.3, -0.25) is 9.69 Å². The Kier molecular flexibility index (Phi) is 6.21. The maximum absolute atomic E-state index is 12.4. The third-order valence-electron chi connectivity index (χ3n) is 4.05. The number of aliphatic hydroxyl groups excluding tert-OH is 1. The molecule has 0 spiro atoms. The van der Waals surface area contributed by atoms with Gasteiger partial charge in [0.1, 0.15) is 5.75 Å². The summed E-state index contributed by atoms with van der Waals surface area (Å²) in [6, 6.07) is 7.70. The zero-order valence-corrected chi connectivity index (χ0v) is 12.8. The fourth-order valence-electron chi connectivity index (χ4n) is 2.92. The maximum Gasteiger partial charge on any atom is 0.176 e. The Labute approximate surface area is 126 Å². The van der Waals surface area contributed by atoms with Crippen LogP contribution in [0.15, 0.2) is 24.3 Å². The Bertz CT molecular complexity index is 442. The van der Waals surface area contributed by atoms with Gasteiger partial charge in [-0.2, -0.15) is 0 Å². The zero-order valence-electron chi connectivity index (χ0n) is 12.8. The molecule has 4 heteroatoms. The lowest BCUT2D eigenvalue weighted by molar-refractivity contribution is 0.0799. The number of likely N-dealkylation sites (tertiary alicyclic amines) is 1. The predicted octanol–water partition coefficient (Wildman–Crippen LogP) is 2.50. The summed E-state index contributed by atoms with van der Waals surface area (Å²) >= 11 is 0. The van der Waals surface area contributed by atoms with E-state index in [0.717, 1.165) is 37.1 Å². The number of nitrogens with zero attached hydrogens (tertiary/aromatic N) is 1. The number of aliphatic hydroxyl groups is 1. The lowest BCUT2D eigenvalue weighted by Crippen LogP contribution is -2.43. The first-order valence-corrected chi connectivity index (χ1v) is 7.85. The van der Waals surface area contributed by atoms with E-state index in [2.05, 4.69) is 4.90 Å². The summed E-state index contributed by atoms with van der Waals surface area (Å²) in [6.07, 6.45) is 4.17. The summed E-state index contributed by atoms with van der Waals surface area (Å²) < 4.78 is 5.39. The monoisotopic (exact) mass is 291 g/mol. The Balaban J connectivity index is 1.95. The molecule has 1 heterocycles. The summed E-state index contributed by atoms with van der Waals surface area (Å²) in [6.45, 7) is 4.16. The van der Waals surface area contributed by atoms with Crippen molar-refractivity contribution >= 4 is 5.78 Å². The van der Waals surface area contributed by atoms with Gasteiger partial charge in [-0.05, 0) is 57.0 Å². The van der Waals surface area contributed by atoms with E-state index < -0.39 is 0 Å². The molecule has 1 fully saturated rings. The van der Waals surface area contributed by atoms with E-state index in [-0.39, 0.29) is 12.4 Å². The summed E-state index contributed by atoms with van der Waals surface area (Å²) in [4.78, 5) is 14.6. The molecule has 1 aromatic rings. The van der Waals surface area contributed by atoms with Gasteiger partial charge in [0.2, 0.25) is 0 Å². The highest BCUT2D eigenvalue weighted by Crippen LogP contribution is 2.20. The van der Waals surface area contributed by atoms with Crippen molar-refractivity contribution in [3.63, 3.8) is 0 Å². The molecule has 1 aromatic carbocycles. The second kappa shape index (κ2) is 8.15. The molecule has 21 heavy (non-hydrogen) atoms. The maximum atomic E-state index is 12.4. The van der Waals surface area contributed by atoms with E-state index >= 15 is 0 Å². The minimum absolute atomic E-state index is 0.142. The first-order valence-electron chi connectivity index (χ1n) is 7.85. The highest BCUT2D eigenvalue weighted by Gasteiger charge is 2.24. The highest BCUT2D eigenvalue weighted by molar-refractivity contribution is 5.97. The second-order valence-electron chi connectivity index (χ2n) is 5.51. The average molecular weight is 291 g/mol. The number of ketones is 1. The molecule has 4 nitrogen and oxygen atoms in total. The van der Waals surface area contributed by atoms with Crippen LogP contribution in [0.2, 0.25) is 0 Å².